The van der Waals surface area contributed by atoms with Crippen molar-refractivity contribution in [1.29, 1.82) is 0 Å². The van der Waals surface area contributed by atoms with Crippen LogP contribution in [0.4, 0.5) is 22.2 Å². The Kier molecular flexibility index (Phi) is 7.09. The summed E-state index contributed by atoms with van der Waals surface area (Å²) in [5.74, 6) is -0.825. The maximum Gasteiger partial charge on any atom is 0.269 e. The molecule has 2 amide bonds. The quantitative estimate of drug-likeness (QED) is 0.293. The molecule has 1 saturated heterocycles. The SMILES string of the molecule is O=C(CC1SC(=Nc2ccc(S(=O)(=O)Nc3nccs3)cc2)NC1=O)Nc1ccc([N+](=O)[O-])cc1. The molecule has 0 saturated carbocycles. The van der Waals surface area contributed by atoms with E-state index in [2.05, 4.69) is 25.3 Å². The first kappa shape index (κ1) is 24.3. The summed E-state index contributed by atoms with van der Waals surface area (Å²) < 4.78 is 27.2. The second kappa shape index (κ2) is 10.2. The lowest BCUT2D eigenvalue weighted by molar-refractivity contribution is -0.384. The number of nitrogens with one attached hydrogen (secondary N) is 3. The van der Waals surface area contributed by atoms with Crippen LogP contribution in [0.1, 0.15) is 6.42 Å². The van der Waals surface area contributed by atoms with Gasteiger partial charge in [-0.25, -0.2) is 18.4 Å². The fourth-order valence-electron chi connectivity index (χ4n) is 2.90. The predicted octanol–water partition coefficient (Wildman–Crippen LogP) is 3.10. The van der Waals surface area contributed by atoms with E-state index in [4.69, 9.17) is 0 Å². The number of thiazole rings is 1. The lowest BCUT2D eigenvalue weighted by atomic mass is 10.2. The molecule has 1 aromatic heterocycles. The summed E-state index contributed by atoms with van der Waals surface area (Å²) in [5.41, 5.74) is 0.685. The second-order valence-electron chi connectivity index (χ2n) is 7.01. The van der Waals surface area contributed by atoms with Gasteiger partial charge in [-0.15, -0.1) is 11.3 Å². The van der Waals surface area contributed by atoms with E-state index in [9.17, 15) is 28.1 Å². The molecule has 0 radical (unpaired) electrons. The molecule has 12 nitrogen and oxygen atoms in total. The van der Waals surface area contributed by atoms with Crippen molar-refractivity contribution in [2.24, 2.45) is 4.99 Å². The zero-order chi connectivity index (χ0) is 25.0. The molecule has 1 fully saturated rings. The molecular formula is C20H16N6O6S3. The van der Waals surface area contributed by atoms with E-state index in [1.54, 1.807) is 5.38 Å². The highest BCUT2D eigenvalue weighted by molar-refractivity contribution is 8.15. The van der Waals surface area contributed by atoms with Crippen molar-refractivity contribution in [1.82, 2.24) is 10.3 Å². The Hall–Kier alpha value is -3.82. The molecule has 180 valence electrons. The largest absolute Gasteiger partial charge is 0.326 e. The molecule has 1 atom stereocenters. The predicted molar refractivity (Wildman–Crippen MR) is 132 cm³/mol. The highest BCUT2D eigenvalue weighted by atomic mass is 32.2. The van der Waals surface area contributed by atoms with Gasteiger partial charge in [0.2, 0.25) is 11.8 Å². The van der Waals surface area contributed by atoms with Crippen molar-refractivity contribution < 1.29 is 22.9 Å². The van der Waals surface area contributed by atoms with Crippen molar-refractivity contribution >= 4 is 72.3 Å². The zero-order valence-electron chi connectivity index (χ0n) is 17.6. The Morgan fingerprint density at radius 3 is 2.51 bits per heavy atom. The number of aromatic nitrogens is 1. The molecule has 1 aliphatic rings. The van der Waals surface area contributed by atoms with Crippen LogP contribution < -0.4 is 15.4 Å². The third-order valence-corrected chi connectivity index (χ3v) is 7.80. The van der Waals surface area contributed by atoms with Crippen molar-refractivity contribution in [2.75, 3.05) is 10.0 Å². The van der Waals surface area contributed by atoms with E-state index in [1.807, 2.05) is 0 Å². The van der Waals surface area contributed by atoms with Gasteiger partial charge in [-0.1, -0.05) is 11.8 Å². The number of nitrogens with zero attached hydrogens (tertiary/aromatic N) is 3. The molecule has 0 bridgehead atoms. The van der Waals surface area contributed by atoms with Crippen LogP contribution in [0.2, 0.25) is 0 Å². The molecule has 0 spiro atoms. The molecule has 2 heterocycles. The van der Waals surface area contributed by atoms with Gasteiger partial charge in [0, 0.05) is 35.8 Å². The van der Waals surface area contributed by atoms with Gasteiger partial charge in [0.05, 0.1) is 15.5 Å². The number of thioether (sulfide) groups is 1. The summed E-state index contributed by atoms with van der Waals surface area (Å²) in [7, 11) is -3.79. The molecule has 4 rings (SSSR count). The van der Waals surface area contributed by atoms with Gasteiger partial charge >= 0.3 is 0 Å². The summed E-state index contributed by atoms with van der Waals surface area (Å²) in [6.07, 6.45) is 1.36. The lowest BCUT2D eigenvalue weighted by Crippen LogP contribution is -2.28. The highest BCUT2D eigenvalue weighted by Crippen LogP contribution is 2.27. The van der Waals surface area contributed by atoms with Crippen LogP contribution >= 0.6 is 23.1 Å². The van der Waals surface area contributed by atoms with Gasteiger partial charge in [0.25, 0.3) is 15.7 Å². The number of carbonyl (C=O) groups excluding carboxylic acids is 2. The van der Waals surface area contributed by atoms with E-state index >= 15 is 0 Å². The number of aliphatic imine (C=N–C) groups is 1. The van der Waals surface area contributed by atoms with Gasteiger partial charge in [-0.2, -0.15) is 0 Å². The third-order valence-electron chi connectivity index (χ3n) is 4.54. The highest BCUT2D eigenvalue weighted by Gasteiger charge is 2.32. The van der Waals surface area contributed by atoms with Crippen LogP contribution in [0, 0.1) is 10.1 Å². The number of non-ortho nitro benzene ring substituents is 1. The summed E-state index contributed by atoms with van der Waals surface area (Å²) in [6, 6.07) is 11.1. The maximum absolute atomic E-state index is 12.4. The first-order chi connectivity index (χ1) is 16.7. The Balaban J connectivity index is 1.35. The number of carbonyl (C=O) groups is 2. The Morgan fingerprint density at radius 1 is 1.17 bits per heavy atom. The first-order valence-corrected chi connectivity index (χ1v) is 13.1. The molecule has 1 aliphatic heterocycles. The monoisotopic (exact) mass is 532 g/mol. The fraction of sp³-hybridized carbons (Fsp3) is 0.100. The lowest BCUT2D eigenvalue weighted by Gasteiger charge is -2.07. The average Bonchev–Trinajstić information content (AvgIpc) is 3.43. The van der Waals surface area contributed by atoms with Crippen LogP contribution in [-0.2, 0) is 19.6 Å². The molecule has 2 aromatic carbocycles. The first-order valence-electron chi connectivity index (χ1n) is 9.82. The van der Waals surface area contributed by atoms with Crippen molar-refractivity contribution in [3.8, 4) is 0 Å². The minimum absolute atomic E-state index is 0.0283. The van der Waals surface area contributed by atoms with Gasteiger partial charge in [-0.05, 0) is 36.4 Å². The van der Waals surface area contributed by atoms with Gasteiger partial charge < -0.3 is 10.6 Å². The third kappa shape index (κ3) is 6.20. The number of rotatable bonds is 8. The minimum Gasteiger partial charge on any atom is -0.326 e. The number of amides is 2. The zero-order valence-corrected chi connectivity index (χ0v) is 20.0. The molecule has 0 aliphatic carbocycles. The summed E-state index contributed by atoms with van der Waals surface area (Å²) in [6.45, 7) is 0. The molecule has 3 aromatic rings. The number of amidine groups is 1. The van der Waals surface area contributed by atoms with Crippen molar-refractivity contribution in [3.63, 3.8) is 0 Å². The van der Waals surface area contributed by atoms with Crippen LogP contribution in [-0.4, -0.2) is 40.6 Å². The Bertz CT molecular complexity index is 1390. The number of hydrogen-bond donors (Lipinski definition) is 3. The number of anilines is 2. The molecule has 3 N–H and O–H groups in total. The van der Waals surface area contributed by atoms with Crippen LogP contribution in [0.15, 0.2) is 70.0 Å². The van der Waals surface area contributed by atoms with E-state index < -0.39 is 26.1 Å². The minimum atomic E-state index is -3.79. The number of sulfonamides is 1. The molecular weight excluding hydrogens is 516 g/mol. The smallest absolute Gasteiger partial charge is 0.269 e. The van der Waals surface area contributed by atoms with Crippen LogP contribution in [0.5, 0.6) is 0 Å². The summed E-state index contributed by atoms with van der Waals surface area (Å²) in [4.78, 5) is 42.9. The molecule has 1 unspecified atom stereocenters. The summed E-state index contributed by atoms with van der Waals surface area (Å²) >= 11 is 2.23. The maximum atomic E-state index is 12.4. The van der Waals surface area contributed by atoms with Crippen molar-refractivity contribution in [3.05, 3.63) is 70.2 Å². The standard InChI is InChI=1S/C20H16N6O6S3/c27-17(22-12-1-5-14(6-2-12)26(29)30)11-16-18(28)24-20(34-16)23-13-3-7-15(8-4-13)35(31,32)25-19-21-9-10-33-19/h1-10,16H,11H2,(H,21,25)(H,22,27)(H,23,24,28). The van der Waals surface area contributed by atoms with E-state index in [0.717, 1.165) is 23.1 Å². The number of nitro benzene ring substituents is 1. The van der Waals surface area contributed by atoms with Gasteiger partial charge in [-0.3, -0.25) is 24.4 Å². The Labute approximate surface area is 207 Å². The average molecular weight is 533 g/mol. The van der Waals surface area contributed by atoms with Crippen LogP contribution in [0.3, 0.4) is 0 Å². The fourth-order valence-corrected chi connectivity index (χ4v) is 5.68. The van der Waals surface area contributed by atoms with E-state index in [1.165, 1.54) is 54.7 Å². The number of hydrogen-bond acceptors (Lipinski definition) is 10. The molecule has 15 heteroatoms. The van der Waals surface area contributed by atoms with E-state index in [-0.39, 0.29) is 33.2 Å². The normalized spacial score (nSPS) is 16.6. The Morgan fingerprint density at radius 2 is 1.89 bits per heavy atom. The van der Waals surface area contributed by atoms with Crippen LogP contribution in [0.25, 0.3) is 0 Å². The summed E-state index contributed by atoms with van der Waals surface area (Å²) in [5, 5.41) is 17.4. The number of benzene rings is 2. The van der Waals surface area contributed by atoms with E-state index in [0.29, 0.717) is 11.4 Å². The molecule has 35 heavy (non-hydrogen) atoms. The van der Waals surface area contributed by atoms with Crippen molar-refractivity contribution in [2.45, 2.75) is 16.6 Å². The topological polar surface area (TPSA) is 173 Å². The van der Waals surface area contributed by atoms with Gasteiger partial charge in [0.1, 0.15) is 5.25 Å². The van der Waals surface area contributed by atoms with Gasteiger partial charge in [0.15, 0.2) is 10.3 Å². The number of nitro groups is 1. The second-order valence-corrected chi connectivity index (χ2v) is 10.8.